The molecule has 0 unspecified atom stereocenters. The summed E-state index contributed by atoms with van der Waals surface area (Å²) in [6, 6.07) is 57.2. The first-order chi connectivity index (χ1) is 27.1. The van der Waals surface area contributed by atoms with Gasteiger partial charge in [0, 0.05) is 32.7 Å². The average molecular weight is 721 g/mol. The lowest BCUT2D eigenvalue weighted by Gasteiger charge is -2.28. The molecule has 55 heavy (non-hydrogen) atoms. The maximum atomic E-state index is 14.7. The number of benzene rings is 8. The molecular formula is C50H28O4Si. The summed E-state index contributed by atoms with van der Waals surface area (Å²) >= 11 is 0. The minimum Gasteiger partial charge on any atom is -0.455 e. The van der Waals surface area contributed by atoms with Crippen LogP contribution in [0.25, 0.3) is 66.1 Å². The average Bonchev–Trinajstić information content (AvgIpc) is 3.98. The number of carbonyl (C=O) groups excluding carboxylic acids is 2. The molecule has 0 fully saturated rings. The van der Waals surface area contributed by atoms with Crippen LogP contribution < -0.4 is 20.7 Å². The number of para-hydroxylation sites is 4. The van der Waals surface area contributed by atoms with Crippen molar-refractivity contribution in [3.05, 3.63) is 192 Å². The lowest BCUT2D eigenvalue weighted by molar-refractivity contribution is 0.103. The van der Waals surface area contributed by atoms with Crippen molar-refractivity contribution in [2.24, 2.45) is 0 Å². The summed E-state index contributed by atoms with van der Waals surface area (Å²) in [5, 5.41) is 8.68. The molecule has 256 valence electrons. The number of fused-ring (bicyclic) bond motifs is 16. The van der Waals surface area contributed by atoms with E-state index in [2.05, 4.69) is 72.8 Å². The SMILES string of the molecule is O=C(c1ccc2c(c1)[Si]1(c3ccccc3-2)c2ccccc2-c2ccc(C(=O)c3cccc4c3oc3ccccc34)cc21)c1cccc2c1oc1ccccc12. The van der Waals surface area contributed by atoms with Crippen molar-refractivity contribution < 1.29 is 18.4 Å². The highest BCUT2D eigenvalue weighted by molar-refractivity contribution is 7.24. The largest absolute Gasteiger partial charge is 0.455 e. The number of hydrogen-bond donors (Lipinski definition) is 0. The zero-order chi connectivity index (χ0) is 36.4. The lowest BCUT2D eigenvalue weighted by Crippen LogP contribution is -2.70. The zero-order valence-electron chi connectivity index (χ0n) is 29.3. The second-order valence-corrected chi connectivity index (χ2v) is 18.2. The van der Waals surface area contributed by atoms with Crippen LogP contribution in [-0.2, 0) is 0 Å². The van der Waals surface area contributed by atoms with Crippen LogP contribution in [0.15, 0.2) is 179 Å². The Balaban J connectivity index is 1.08. The van der Waals surface area contributed by atoms with Gasteiger partial charge in [0.25, 0.3) is 0 Å². The zero-order valence-corrected chi connectivity index (χ0v) is 30.3. The Labute approximate surface area is 315 Å². The van der Waals surface area contributed by atoms with Gasteiger partial charge in [-0.25, -0.2) is 0 Å². The second-order valence-electron chi connectivity index (χ2n) is 14.6. The van der Waals surface area contributed by atoms with Gasteiger partial charge >= 0.3 is 0 Å². The molecule has 8 aromatic carbocycles. The van der Waals surface area contributed by atoms with E-state index in [1.54, 1.807) is 0 Å². The first-order valence-corrected chi connectivity index (χ1v) is 20.5. The van der Waals surface area contributed by atoms with Crippen LogP contribution in [0.3, 0.4) is 0 Å². The second kappa shape index (κ2) is 11.0. The molecule has 2 aliphatic rings. The van der Waals surface area contributed by atoms with E-state index in [0.717, 1.165) is 54.2 Å². The van der Waals surface area contributed by atoms with Crippen molar-refractivity contribution >= 4 is 84.3 Å². The summed E-state index contributed by atoms with van der Waals surface area (Å²) in [4.78, 5) is 29.4. The third-order valence-corrected chi connectivity index (χ3v) is 16.8. The van der Waals surface area contributed by atoms with Gasteiger partial charge in [-0.3, -0.25) is 9.59 Å². The molecule has 2 aliphatic heterocycles. The lowest BCUT2D eigenvalue weighted by atomic mass is 9.98. The molecule has 0 N–H and O–H groups in total. The quantitative estimate of drug-likeness (QED) is 0.134. The molecule has 2 aromatic heterocycles. The normalized spacial score (nSPS) is 13.4. The fraction of sp³-hybridized carbons (Fsp3) is 0. The molecule has 0 saturated heterocycles. The van der Waals surface area contributed by atoms with Gasteiger partial charge in [-0.05, 0) is 67.3 Å². The highest BCUT2D eigenvalue weighted by atomic mass is 28.3. The number of carbonyl (C=O) groups is 2. The van der Waals surface area contributed by atoms with E-state index in [0.29, 0.717) is 33.4 Å². The first kappa shape index (κ1) is 30.4. The molecule has 1 spiro atoms. The fourth-order valence-electron chi connectivity index (χ4n) is 9.58. The standard InChI is InChI=1S/C50H28O4Si/c51-47(39-17-9-15-37-31-11-1-5-19-41(31)53-49(37)39)29-23-25-35-33-13-3-7-21-43(33)55(45(35)27-29)44-22-8-4-14-34(44)36-26-24-30(28-46(36)55)48(52)40-18-10-16-38-32-12-2-6-20-42(32)54-50(38)40/h1-28H. The summed E-state index contributed by atoms with van der Waals surface area (Å²) in [5.41, 5.74) is 9.64. The molecule has 10 aromatic rings. The Morgan fingerprint density at radius 1 is 0.364 bits per heavy atom. The predicted octanol–water partition coefficient (Wildman–Crippen LogP) is 9.29. The molecule has 4 heterocycles. The molecule has 12 rings (SSSR count). The summed E-state index contributed by atoms with van der Waals surface area (Å²) in [5.74, 6) is -0.163. The van der Waals surface area contributed by atoms with Gasteiger partial charge in [0.1, 0.15) is 22.3 Å². The van der Waals surface area contributed by atoms with E-state index < -0.39 is 8.07 Å². The first-order valence-electron chi connectivity index (χ1n) is 18.5. The van der Waals surface area contributed by atoms with Crippen molar-refractivity contribution in [2.75, 3.05) is 0 Å². The molecular weight excluding hydrogens is 693 g/mol. The van der Waals surface area contributed by atoms with E-state index in [1.807, 2.05) is 97.1 Å². The predicted molar refractivity (Wildman–Crippen MR) is 222 cm³/mol. The molecule has 0 aliphatic carbocycles. The van der Waals surface area contributed by atoms with E-state index >= 15 is 0 Å². The molecule has 5 heteroatoms. The Bertz CT molecular complexity index is 3100. The smallest absolute Gasteiger partial charge is 0.196 e. The number of furan rings is 2. The van der Waals surface area contributed by atoms with Crippen LogP contribution >= 0.6 is 0 Å². The summed E-state index contributed by atoms with van der Waals surface area (Å²) < 4.78 is 12.6. The maximum Gasteiger partial charge on any atom is 0.196 e. The van der Waals surface area contributed by atoms with Gasteiger partial charge in [-0.2, -0.15) is 0 Å². The molecule has 0 amide bonds. The third-order valence-electron chi connectivity index (χ3n) is 11.9. The van der Waals surface area contributed by atoms with E-state index in [-0.39, 0.29) is 11.6 Å². The van der Waals surface area contributed by atoms with Gasteiger partial charge < -0.3 is 8.83 Å². The van der Waals surface area contributed by atoms with Gasteiger partial charge in [0.05, 0.1) is 11.1 Å². The van der Waals surface area contributed by atoms with Gasteiger partial charge in [-0.15, -0.1) is 0 Å². The Morgan fingerprint density at radius 3 is 1.25 bits per heavy atom. The van der Waals surface area contributed by atoms with Crippen molar-refractivity contribution in [1.29, 1.82) is 0 Å². The molecule has 0 radical (unpaired) electrons. The van der Waals surface area contributed by atoms with E-state index in [4.69, 9.17) is 8.83 Å². The van der Waals surface area contributed by atoms with E-state index in [1.165, 1.54) is 21.5 Å². The van der Waals surface area contributed by atoms with Crippen molar-refractivity contribution in [3.8, 4) is 22.3 Å². The van der Waals surface area contributed by atoms with Crippen molar-refractivity contribution in [2.45, 2.75) is 0 Å². The monoisotopic (exact) mass is 720 g/mol. The minimum absolute atomic E-state index is 0.0816. The van der Waals surface area contributed by atoms with E-state index in [9.17, 15) is 9.59 Å². The van der Waals surface area contributed by atoms with Crippen LogP contribution in [0.4, 0.5) is 0 Å². The highest BCUT2D eigenvalue weighted by Gasteiger charge is 2.54. The number of ketones is 2. The summed E-state index contributed by atoms with van der Waals surface area (Å²) in [6.07, 6.45) is 0. The molecule has 0 atom stereocenters. The Kier molecular flexibility index (Phi) is 6.07. The maximum absolute atomic E-state index is 14.7. The van der Waals surface area contributed by atoms with Gasteiger partial charge in [0.2, 0.25) is 0 Å². The highest BCUT2D eigenvalue weighted by Crippen LogP contribution is 2.38. The Morgan fingerprint density at radius 2 is 0.764 bits per heavy atom. The van der Waals surface area contributed by atoms with Crippen LogP contribution in [0.1, 0.15) is 31.8 Å². The molecule has 4 nitrogen and oxygen atoms in total. The van der Waals surface area contributed by atoms with Crippen LogP contribution in [0.5, 0.6) is 0 Å². The minimum atomic E-state index is -3.02. The van der Waals surface area contributed by atoms with Crippen LogP contribution in [0, 0.1) is 0 Å². The van der Waals surface area contributed by atoms with Crippen LogP contribution in [-0.4, -0.2) is 19.6 Å². The topological polar surface area (TPSA) is 60.4 Å². The third kappa shape index (κ3) is 3.94. The van der Waals surface area contributed by atoms with Crippen molar-refractivity contribution in [3.63, 3.8) is 0 Å². The van der Waals surface area contributed by atoms with Crippen molar-refractivity contribution in [1.82, 2.24) is 0 Å². The fourth-order valence-corrected chi connectivity index (χ4v) is 15.3. The van der Waals surface area contributed by atoms with Gasteiger partial charge in [0.15, 0.2) is 19.6 Å². The molecule has 0 bridgehead atoms. The molecule has 0 saturated carbocycles. The Hall–Kier alpha value is -7.08. The summed E-state index contributed by atoms with van der Waals surface area (Å²) in [7, 11) is -3.02. The van der Waals surface area contributed by atoms with Gasteiger partial charge in [-0.1, -0.05) is 146 Å². The van der Waals surface area contributed by atoms with Crippen LogP contribution in [0.2, 0.25) is 0 Å². The number of rotatable bonds is 4. The summed E-state index contributed by atoms with van der Waals surface area (Å²) in [6.45, 7) is 0. The number of hydrogen-bond acceptors (Lipinski definition) is 4.